The van der Waals surface area contributed by atoms with Crippen LogP contribution in [0.1, 0.15) is 39.4 Å². The largest absolute Gasteiger partial charge is 0.317 e. The maximum atomic E-state index is 6.58. The fourth-order valence-corrected chi connectivity index (χ4v) is 5.38. The lowest BCUT2D eigenvalue weighted by atomic mass is 10.1. The summed E-state index contributed by atoms with van der Waals surface area (Å²) >= 11 is 0. The van der Waals surface area contributed by atoms with Crippen molar-refractivity contribution in [2.45, 2.75) is 45.9 Å². The fourth-order valence-electron chi connectivity index (χ4n) is 3.12. The van der Waals surface area contributed by atoms with E-state index in [0.29, 0.717) is 12.1 Å². The van der Waals surface area contributed by atoms with Crippen molar-refractivity contribution in [2.24, 2.45) is 0 Å². The topological polar surface area (TPSA) is 28.6 Å². The third-order valence-electron chi connectivity index (χ3n) is 4.11. The minimum atomic E-state index is -0.886. The second-order valence-electron chi connectivity index (χ2n) is 6.60. The van der Waals surface area contributed by atoms with E-state index in [4.69, 9.17) is 4.52 Å². The molecule has 3 rings (SSSR count). The molecule has 4 nitrogen and oxygen atoms in total. The summed E-state index contributed by atoms with van der Waals surface area (Å²) in [6, 6.07) is 17.4. The molecule has 1 aromatic heterocycles. The molecule has 0 N–H and O–H groups in total. The molecule has 0 aliphatic carbocycles. The van der Waals surface area contributed by atoms with Crippen LogP contribution in [0.3, 0.4) is 0 Å². The number of nitrogens with zero attached hydrogens (tertiary/aromatic N) is 3. The summed E-state index contributed by atoms with van der Waals surface area (Å²) in [7, 11) is -0.886. The van der Waals surface area contributed by atoms with Gasteiger partial charge in [0.1, 0.15) is 11.9 Å². The molecule has 24 heavy (non-hydrogen) atoms. The van der Waals surface area contributed by atoms with Gasteiger partial charge in [-0.05, 0) is 45.4 Å². The van der Waals surface area contributed by atoms with E-state index in [1.54, 1.807) is 0 Å². The zero-order chi connectivity index (χ0) is 17.1. The Bertz CT molecular complexity index is 628. The average molecular weight is 343 g/mol. The molecule has 0 saturated carbocycles. The summed E-state index contributed by atoms with van der Waals surface area (Å²) in [5.41, 5.74) is 1.23. The number of aromatic nitrogens is 1. The van der Waals surface area contributed by atoms with E-state index in [9.17, 15) is 0 Å². The first kappa shape index (κ1) is 17.3. The highest BCUT2D eigenvalue weighted by molar-refractivity contribution is 7.52. The van der Waals surface area contributed by atoms with Crippen molar-refractivity contribution in [3.8, 4) is 0 Å². The molecule has 5 heteroatoms. The highest BCUT2D eigenvalue weighted by atomic mass is 31.2. The smallest absolute Gasteiger partial charge is 0.220 e. The number of rotatable bonds is 5. The minimum Gasteiger partial charge on any atom is -0.317 e. The Hall–Kier alpha value is -1.48. The van der Waals surface area contributed by atoms with Crippen LogP contribution in [0.25, 0.3) is 0 Å². The molecule has 1 fully saturated rings. The van der Waals surface area contributed by atoms with E-state index in [1.165, 1.54) is 5.56 Å². The van der Waals surface area contributed by atoms with Crippen molar-refractivity contribution in [1.29, 1.82) is 0 Å². The lowest BCUT2D eigenvalue weighted by Gasteiger charge is -2.38. The van der Waals surface area contributed by atoms with Gasteiger partial charge >= 0.3 is 0 Å². The van der Waals surface area contributed by atoms with E-state index in [2.05, 4.69) is 72.4 Å². The first-order valence-corrected chi connectivity index (χ1v) is 9.73. The normalized spacial score (nSPS) is 21.2. The second kappa shape index (κ2) is 7.60. The first-order valence-electron chi connectivity index (χ1n) is 8.56. The van der Waals surface area contributed by atoms with E-state index in [0.717, 1.165) is 12.4 Å². The van der Waals surface area contributed by atoms with Gasteiger partial charge in [-0.1, -0.05) is 36.4 Å². The lowest BCUT2D eigenvalue weighted by Crippen LogP contribution is -2.36. The maximum Gasteiger partial charge on any atom is 0.220 e. The molecule has 0 radical (unpaired) electrons. The van der Waals surface area contributed by atoms with Crippen LogP contribution in [0.5, 0.6) is 0 Å². The Morgan fingerprint density at radius 1 is 1.04 bits per heavy atom. The molecule has 1 aliphatic heterocycles. The second-order valence-corrected chi connectivity index (χ2v) is 8.26. The zero-order valence-corrected chi connectivity index (χ0v) is 15.7. The monoisotopic (exact) mass is 343 g/mol. The van der Waals surface area contributed by atoms with Crippen molar-refractivity contribution in [3.63, 3.8) is 0 Å². The van der Waals surface area contributed by atoms with Gasteiger partial charge in [-0.3, -0.25) is 4.67 Å². The fraction of sp³-hybridized carbons (Fsp3) is 0.421. The predicted molar refractivity (Wildman–Crippen MR) is 101 cm³/mol. The van der Waals surface area contributed by atoms with Crippen LogP contribution in [0.2, 0.25) is 0 Å². The molecule has 2 atom stereocenters. The van der Waals surface area contributed by atoms with E-state index in [1.807, 2.05) is 24.4 Å². The Morgan fingerprint density at radius 3 is 2.29 bits per heavy atom. The van der Waals surface area contributed by atoms with Crippen LogP contribution in [0.4, 0.5) is 5.82 Å². The average Bonchev–Trinajstić information content (AvgIpc) is 3.00. The van der Waals surface area contributed by atoms with Gasteiger partial charge in [0.15, 0.2) is 0 Å². The van der Waals surface area contributed by atoms with E-state index < -0.39 is 8.45 Å². The van der Waals surface area contributed by atoms with Crippen molar-refractivity contribution >= 4 is 14.3 Å². The van der Waals surface area contributed by atoms with Crippen LogP contribution in [-0.4, -0.2) is 28.3 Å². The van der Waals surface area contributed by atoms with Gasteiger partial charge in [-0.25, -0.2) is 9.65 Å². The quantitative estimate of drug-likeness (QED) is 0.714. The number of hydrogen-bond acceptors (Lipinski definition) is 4. The highest BCUT2D eigenvalue weighted by Crippen LogP contribution is 2.58. The number of pyridine rings is 1. The van der Waals surface area contributed by atoms with Crippen LogP contribution < -0.4 is 4.67 Å². The van der Waals surface area contributed by atoms with Crippen molar-refractivity contribution in [3.05, 3.63) is 60.3 Å². The molecule has 1 aliphatic rings. The first-order chi connectivity index (χ1) is 11.6. The van der Waals surface area contributed by atoms with Crippen molar-refractivity contribution < 1.29 is 4.52 Å². The van der Waals surface area contributed by atoms with Gasteiger partial charge in [0.2, 0.25) is 8.45 Å². The van der Waals surface area contributed by atoms with Crippen LogP contribution in [-0.2, 0) is 4.52 Å². The van der Waals surface area contributed by atoms with Gasteiger partial charge in [-0.2, -0.15) is 0 Å². The van der Waals surface area contributed by atoms with Crippen molar-refractivity contribution in [1.82, 2.24) is 9.65 Å². The summed E-state index contributed by atoms with van der Waals surface area (Å²) in [4.78, 5) is 4.58. The SMILES string of the molecule is CC(C)N(C(C)C)P1O[C@H](c2ccccc2)CN1c1ccccn1. The highest BCUT2D eigenvalue weighted by Gasteiger charge is 2.41. The summed E-state index contributed by atoms with van der Waals surface area (Å²) in [6.45, 7) is 9.77. The van der Waals surface area contributed by atoms with Gasteiger partial charge in [-0.15, -0.1) is 0 Å². The Morgan fingerprint density at radius 2 is 1.71 bits per heavy atom. The molecule has 0 amide bonds. The standard InChI is InChI=1S/C19H26N3OP/c1-15(2)22(16(3)4)24-21(19-12-8-9-13-20-19)14-18(23-24)17-10-6-5-7-11-17/h5-13,15-16,18H,14H2,1-4H3/t18-,24?/m0/s1. The summed E-state index contributed by atoms with van der Waals surface area (Å²) in [5, 5.41) is 0. The third kappa shape index (κ3) is 3.61. The molecule has 1 saturated heterocycles. The molecule has 2 heterocycles. The van der Waals surface area contributed by atoms with E-state index >= 15 is 0 Å². The van der Waals surface area contributed by atoms with Gasteiger partial charge in [0.25, 0.3) is 0 Å². The van der Waals surface area contributed by atoms with Gasteiger partial charge in [0, 0.05) is 18.3 Å². The van der Waals surface area contributed by atoms with Crippen molar-refractivity contribution in [2.75, 3.05) is 11.2 Å². The van der Waals surface area contributed by atoms with Crippen LogP contribution >= 0.6 is 8.45 Å². The summed E-state index contributed by atoms with van der Waals surface area (Å²) in [5.74, 6) is 0.994. The molecule has 0 spiro atoms. The lowest BCUT2D eigenvalue weighted by molar-refractivity contribution is 0.224. The molecule has 0 bridgehead atoms. The summed E-state index contributed by atoms with van der Waals surface area (Å²) < 4.78 is 11.4. The Kier molecular flexibility index (Phi) is 5.50. The Balaban J connectivity index is 1.93. The van der Waals surface area contributed by atoms with E-state index in [-0.39, 0.29) is 6.10 Å². The summed E-state index contributed by atoms with van der Waals surface area (Å²) in [6.07, 6.45) is 1.94. The number of anilines is 1. The van der Waals surface area contributed by atoms with Crippen LogP contribution in [0.15, 0.2) is 54.7 Å². The third-order valence-corrected chi connectivity index (χ3v) is 6.65. The predicted octanol–water partition coefficient (Wildman–Crippen LogP) is 5.01. The molecule has 1 unspecified atom stereocenters. The molecule has 128 valence electrons. The molecule has 1 aromatic carbocycles. The molecular formula is C19H26N3OP. The molecular weight excluding hydrogens is 317 g/mol. The van der Waals surface area contributed by atoms with Gasteiger partial charge < -0.3 is 4.52 Å². The number of benzene rings is 1. The van der Waals surface area contributed by atoms with Crippen LogP contribution in [0, 0.1) is 0 Å². The minimum absolute atomic E-state index is 0.0827. The van der Waals surface area contributed by atoms with Gasteiger partial charge in [0.05, 0.1) is 6.54 Å². The Labute approximate surface area is 146 Å². The zero-order valence-electron chi connectivity index (χ0n) is 14.8. The molecule has 2 aromatic rings. The maximum absolute atomic E-state index is 6.58. The number of hydrogen-bond donors (Lipinski definition) is 0.